The zero-order valence-electron chi connectivity index (χ0n) is 13.8. The summed E-state index contributed by atoms with van der Waals surface area (Å²) < 4.78 is 15.3. The van der Waals surface area contributed by atoms with E-state index in [0.717, 1.165) is 34.3 Å². The zero-order valence-corrected chi connectivity index (χ0v) is 13.8. The number of anilines is 1. The monoisotopic (exact) mass is 312 g/mol. The molecule has 0 N–H and O–H groups in total. The molecular formula is C18H21FN4. The quantitative estimate of drug-likeness (QED) is 0.739. The average molecular weight is 312 g/mol. The first-order valence-corrected chi connectivity index (χ1v) is 8.01. The summed E-state index contributed by atoms with van der Waals surface area (Å²) >= 11 is 0. The Balaban J connectivity index is 1.71. The first-order chi connectivity index (χ1) is 11.0. The molecule has 23 heavy (non-hydrogen) atoms. The molecule has 5 heteroatoms. The van der Waals surface area contributed by atoms with Crippen molar-refractivity contribution in [2.45, 2.75) is 25.9 Å². The van der Waals surface area contributed by atoms with Crippen molar-refractivity contribution in [3.63, 3.8) is 0 Å². The summed E-state index contributed by atoms with van der Waals surface area (Å²) in [5, 5.41) is 2.24. The molecule has 1 fully saturated rings. The van der Waals surface area contributed by atoms with Gasteiger partial charge in [-0.3, -0.25) is 4.98 Å². The van der Waals surface area contributed by atoms with Crippen LogP contribution in [0, 0.1) is 5.41 Å². The second-order valence-electron chi connectivity index (χ2n) is 7.16. The van der Waals surface area contributed by atoms with E-state index in [1.165, 1.54) is 0 Å². The van der Waals surface area contributed by atoms with E-state index in [-0.39, 0.29) is 5.41 Å². The Kier molecular flexibility index (Phi) is 3.08. The van der Waals surface area contributed by atoms with Gasteiger partial charge in [-0.2, -0.15) is 0 Å². The lowest BCUT2D eigenvalue weighted by Gasteiger charge is -2.43. The molecule has 1 aliphatic carbocycles. The smallest absolute Gasteiger partial charge is 0.143 e. The summed E-state index contributed by atoms with van der Waals surface area (Å²) in [5.41, 5.74) is 2.15. The molecule has 0 amide bonds. The Morgan fingerprint density at radius 1 is 1.30 bits per heavy atom. The van der Waals surface area contributed by atoms with Gasteiger partial charge in [-0.25, -0.2) is 9.37 Å². The first kappa shape index (κ1) is 14.4. The van der Waals surface area contributed by atoms with E-state index in [0.29, 0.717) is 12.8 Å². The highest BCUT2D eigenvalue weighted by molar-refractivity contribution is 6.06. The van der Waals surface area contributed by atoms with E-state index in [1.807, 2.05) is 32.4 Å². The largest absolute Gasteiger partial charge is 0.359 e. The first-order valence-electron chi connectivity index (χ1n) is 8.01. The zero-order chi connectivity index (χ0) is 16.2. The molecule has 1 aliphatic rings. The molecule has 3 aromatic rings. The van der Waals surface area contributed by atoms with Gasteiger partial charge in [0.25, 0.3) is 0 Å². The van der Waals surface area contributed by atoms with Crippen molar-refractivity contribution in [2.75, 3.05) is 18.5 Å². The van der Waals surface area contributed by atoms with Crippen molar-refractivity contribution in [1.82, 2.24) is 14.5 Å². The lowest BCUT2D eigenvalue weighted by molar-refractivity contribution is 0.0490. The van der Waals surface area contributed by atoms with Crippen LogP contribution in [-0.4, -0.2) is 34.3 Å². The molecule has 0 unspecified atom stereocenters. The number of aryl methyl sites for hydroxylation is 1. The van der Waals surface area contributed by atoms with Crippen molar-refractivity contribution < 1.29 is 4.39 Å². The fourth-order valence-corrected chi connectivity index (χ4v) is 3.91. The van der Waals surface area contributed by atoms with Crippen molar-refractivity contribution in [3.8, 4) is 0 Å². The van der Waals surface area contributed by atoms with Gasteiger partial charge in [-0.1, -0.05) is 6.92 Å². The summed E-state index contributed by atoms with van der Waals surface area (Å²) in [6.45, 7) is 2.98. The molecule has 0 bridgehead atoms. The Bertz CT molecular complexity index is 879. The Hall–Kier alpha value is -2.17. The number of aromatic nitrogens is 3. The Labute approximate surface area is 134 Å². The molecule has 4 nitrogen and oxygen atoms in total. The van der Waals surface area contributed by atoms with E-state index in [4.69, 9.17) is 4.98 Å². The van der Waals surface area contributed by atoms with Gasteiger partial charge in [0.1, 0.15) is 17.6 Å². The number of alkyl halides is 1. The molecule has 0 aliphatic heterocycles. The number of nitrogens with zero attached hydrogens (tertiary/aromatic N) is 4. The fraction of sp³-hybridized carbons (Fsp3) is 0.444. The molecule has 3 heterocycles. The van der Waals surface area contributed by atoms with E-state index >= 15 is 0 Å². The molecule has 0 spiro atoms. The van der Waals surface area contributed by atoms with Gasteiger partial charge in [0, 0.05) is 43.8 Å². The van der Waals surface area contributed by atoms with E-state index in [9.17, 15) is 4.39 Å². The lowest BCUT2D eigenvalue weighted by Crippen LogP contribution is -2.44. The minimum absolute atomic E-state index is 0.0631. The predicted octanol–water partition coefficient (Wildman–Crippen LogP) is 3.70. The second kappa shape index (κ2) is 4.91. The third-order valence-electron chi connectivity index (χ3n) is 5.07. The number of hydrogen-bond acceptors (Lipinski definition) is 3. The standard InChI is InChI=1S/C18H21FN4/c1-18(8-12(19)9-18)11-22(2)16-5-4-13-14-10-20-7-6-15(14)23(3)17(13)21-16/h4-7,10,12H,8-9,11H2,1-3H3. The topological polar surface area (TPSA) is 34.0 Å². The maximum Gasteiger partial charge on any atom is 0.143 e. The van der Waals surface area contributed by atoms with Crippen LogP contribution in [0.5, 0.6) is 0 Å². The molecule has 0 saturated heterocycles. The molecule has 0 radical (unpaired) electrons. The lowest BCUT2D eigenvalue weighted by atomic mass is 9.69. The molecule has 120 valence electrons. The van der Waals surface area contributed by atoms with Gasteiger partial charge >= 0.3 is 0 Å². The number of hydrogen-bond donors (Lipinski definition) is 0. The SMILES string of the molecule is CN(CC1(C)CC(F)C1)c1ccc2c3cnccc3n(C)c2n1. The van der Waals surface area contributed by atoms with Crippen molar-refractivity contribution in [3.05, 3.63) is 30.6 Å². The van der Waals surface area contributed by atoms with Crippen LogP contribution in [-0.2, 0) is 7.05 Å². The van der Waals surface area contributed by atoms with Crippen LogP contribution in [0.2, 0.25) is 0 Å². The van der Waals surface area contributed by atoms with Crippen LogP contribution >= 0.6 is 0 Å². The third-order valence-corrected chi connectivity index (χ3v) is 5.07. The van der Waals surface area contributed by atoms with Gasteiger partial charge in [0.15, 0.2) is 0 Å². The average Bonchev–Trinajstić information content (AvgIpc) is 2.79. The summed E-state index contributed by atoms with van der Waals surface area (Å²) in [6, 6.07) is 6.17. The van der Waals surface area contributed by atoms with E-state index in [2.05, 4.69) is 27.4 Å². The van der Waals surface area contributed by atoms with Crippen LogP contribution in [0.1, 0.15) is 19.8 Å². The predicted molar refractivity (Wildman–Crippen MR) is 91.5 cm³/mol. The van der Waals surface area contributed by atoms with Crippen molar-refractivity contribution in [2.24, 2.45) is 12.5 Å². The van der Waals surface area contributed by atoms with Crippen LogP contribution in [0.15, 0.2) is 30.6 Å². The number of fused-ring (bicyclic) bond motifs is 3. The molecule has 0 atom stereocenters. The maximum atomic E-state index is 13.2. The Morgan fingerprint density at radius 2 is 2.09 bits per heavy atom. The highest BCUT2D eigenvalue weighted by Crippen LogP contribution is 2.43. The minimum atomic E-state index is -0.630. The number of rotatable bonds is 3. The normalized spacial score (nSPS) is 24.1. The maximum absolute atomic E-state index is 13.2. The van der Waals surface area contributed by atoms with Gasteiger partial charge in [-0.15, -0.1) is 0 Å². The van der Waals surface area contributed by atoms with E-state index in [1.54, 1.807) is 6.20 Å². The van der Waals surface area contributed by atoms with E-state index < -0.39 is 6.17 Å². The van der Waals surface area contributed by atoms with Crippen LogP contribution in [0.4, 0.5) is 10.2 Å². The highest BCUT2D eigenvalue weighted by atomic mass is 19.1. The van der Waals surface area contributed by atoms with Crippen molar-refractivity contribution >= 4 is 27.8 Å². The molecule has 4 rings (SSSR count). The number of halogens is 1. The fourth-order valence-electron chi connectivity index (χ4n) is 3.91. The summed E-state index contributed by atoms with van der Waals surface area (Å²) in [6.07, 6.45) is 4.37. The summed E-state index contributed by atoms with van der Waals surface area (Å²) in [4.78, 5) is 11.2. The molecule has 3 aromatic heterocycles. The second-order valence-corrected chi connectivity index (χ2v) is 7.16. The number of pyridine rings is 2. The van der Waals surface area contributed by atoms with Gasteiger partial charge < -0.3 is 9.47 Å². The van der Waals surface area contributed by atoms with Gasteiger partial charge in [-0.05, 0) is 36.5 Å². The Morgan fingerprint density at radius 3 is 2.83 bits per heavy atom. The minimum Gasteiger partial charge on any atom is -0.359 e. The molecular weight excluding hydrogens is 291 g/mol. The van der Waals surface area contributed by atoms with Crippen LogP contribution in [0.3, 0.4) is 0 Å². The van der Waals surface area contributed by atoms with Crippen LogP contribution < -0.4 is 4.90 Å². The van der Waals surface area contributed by atoms with Crippen LogP contribution in [0.25, 0.3) is 21.9 Å². The molecule has 0 aromatic carbocycles. The third kappa shape index (κ3) is 2.26. The summed E-state index contributed by atoms with van der Waals surface area (Å²) in [5.74, 6) is 0.930. The summed E-state index contributed by atoms with van der Waals surface area (Å²) in [7, 11) is 4.07. The highest BCUT2D eigenvalue weighted by Gasteiger charge is 2.41. The molecule has 1 saturated carbocycles. The van der Waals surface area contributed by atoms with Crippen molar-refractivity contribution in [1.29, 1.82) is 0 Å². The van der Waals surface area contributed by atoms with Gasteiger partial charge in [0.05, 0.1) is 5.52 Å². The van der Waals surface area contributed by atoms with Gasteiger partial charge in [0.2, 0.25) is 0 Å².